The Morgan fingerprint density at radius 2 is 0.860 bits per heavy atom. The minimum Gasteiger partial charge on any atom is -0.540 e. The third-order valence-electron chi connectivity index (χ3n) is 6.26. The second-order valence-corrected chi connectivity index (χ2v) is 9.22. The van der Waals surface area contributed by atoms with E-state index in [0.29, 0.717) is 34.5 Å². The summed E-state index contributed by atoms with van der Waals surface area (Å²) in [5, 5.41) is 0. The van der Waals surface area contributed by atoms with Crippen LogP contribution in [0.1, 0.15) is 0 Å². The van der Waals surface area contributed by atoms with Gasteiger partial charge in [0.05, 0.1) is 65.7 Å². The third-order valence-corrected chi connectivity index (χ3v) is 6.26. The van der Waals surface area contributed by atoms with Crippen LogP contribution in [0.3, 0.4) is 0 Å². The number of anilines is 2. The van der Waals surface area contributed by atoms with Crippen LogP contribution in [-0.4, -0.2) is 80.8 Å². The van der Waals surface area contributed by atoms with Gasteiger partial charge in [-0.1, -0.05) is 47.5 Å². The van der Waals surface area contributed by atoms with Crippen LogP contribution in [0.5, 0.6) is 34.5 Å². The van der Waals surface area contributed by atoms with Crippen molar-refractivity contribution in [2.45, 2.75) is 0 Å². The number of rotatable bonds is 10. The molecule has 0 unspecified atom stereocenters. The maximum atomic E-state index is 5.42. The molecule has 43 heavy (non-hydrogen) atoms. The predicted octanol–water partition coefficient (Wildman–Crippen LogP) is 5.28. The van der Waals surface area contributed by atoms with Crippen molar-refractivity contribution in [2.24, 2.45) is 0 Å². The zero-order valence-electron chi connectivity index (χ0n) is 26.2. The summed E-state index contributed by atoms with van der Waals surface area (Å²) in [4.78, 5) is 12.8. The summed E-state index contributed by atoms with van der Waals surface area (Å²) in [6.07, 6.45) is 3.52. The van der Waals surface area contributed by atoms with E-state index in [9.17, 15) is 0 Å². The number of aromatic nitrogens is 2. The van der Waals surface area contributed by atoms with E-state index < -0.39 is 0 Å². The molecular weight excluding hydrogens is 731 g/mol. The minimum atomic E-state index is 0. The second-order valence-electron chi connectivity index (χ2n) is 9.22. The molecule has 0 saturated carbocycles. The Morgan fingerprint density at radius 3 is 1.14 bits per heavy atom. The Morgan fingerprint density at radius 1 is 0.512 bits per heavy atom. The largest absolute Gasteiger partial charge is 2.00 e. The number of pyridine rings is 2. The summed E-state index contributed by atoms with van der Waals surface area (Å²) >= 11 is 0. The van der Waals surface area contributed by atoms with Crippen molar-refractivity contribution in [1.29, 1.82) is 0 Å². The summed E-state index contributed by atoms with van der Waals surface area (Å²) in [5.74, 6) is 3.45. The van der Waals surface area contributed by atoms with Gasteiger partial charge in [-0.25, -0.2) is 0 Å². The van der Waals surface area contributed by atoms with Gasteiger partial charge in [0, 0.05) is 63.5 Å². The van der Waals surface area contributed by atoms with Crippen LogP contribution in [0.4, 0.5) is 11.4 Å². The molecule has 0 aliphatic rings. The van der Waals surface area contributed by atoms with Gasteiger partial charge in [-0.3, -0.25) is 0 Å². The molecule has 0 radical (unpaired) electrons. The van der Waals surface area contributed by atoms with Gasteiger partial charge >= 0.3 is 21.1 Å². The van der Waals surface area contributed by atoms with Gasteiger partial charge in [0.1, 0.15) is 0 Å². The van der Waals surface area contributed by atoms with Gasteiger partial charge in [0.2, 0.25) is 0 Å². The van der Waals surface area contributed by atoms with Crippen molar-refractivity contribution in [3.63, 3.8) is 0 Å². The van der Waals surface area contributed by atoms with Gasteiger partial charge in [0.25, 0.3) is 0 Å². The number of hydrogen-bond acceptors (Lipinski definition) is 10. The van der Waals surface area contributed by atoms with Crippen LogP contribution in [0.25, 0.3) is 22.5 Å². The Labute approximate surface area is 268 Å². The Bertz CT molecular complexity index is 1370. The van der Waals surface area contributed by atoms with Crippen LogP contribution in [0.15, 0.2) is 48.8 Å². The number of nitrogens with zero attached hydrogens (tertiary/aromatic N) is 4. The number of methoxy groups -OCH3 is 6. The average Bonchev–Trinajstić information content (AvgIpc) is 3.03. The van der Waals surface area contributed by atoms with Gasteiger partial charge in [0.15, 0.2) is 0 Å². The fraction of sp³-hybridized carbons (Fsp3) is 0.312. The summed E-state index contributed by atoms with van der Waals surface area (Å²) in [5.41, 5.74) is 5.09. The molecule has 0 N–H and O–H groups in total. The standard InChI is InChI=1S/2C16H19N2O3.Pt/c2*1-18(2)11-6-7-17-13(8-11)12-9-15(20-4)16(21-5)10-14(12)19-3;/h2*6-8,10H,1-5H3;/q2*-1;+2. The number of hydrogen-bond donors (Lipinski definition) is 0. The first-order chi connectivity index (χ1) is 20.2. The molecule has 0 amide bonds. The molecule has 0 bridgehead atoms. The SMILES string of the molecule is COc1[c-]c(-c2cc(N(C)C)ccn2)c(OC)cc1OC.COc1[c-]c(-c2cc(N(C)C)ccn2)c(OC)cc1OC.[Pt+2]. The van der Waals surface area contributed by atoms with Crippen molar-refractivity contribution in [3.05, 3.63) is 60.9 Å². The first-order valence-corrected chi connectivity index (χ1v) is 12.9. The first kappa shape index (κ1) is 35.0. The van der Waals surface area contributed by atoms with Crippen molar-refractivity contribution in [1.82, 2.24) is 9.97 Å². The smallest absolute Gasteiger partial charge is 0.540 e. The van der Waals surface area contributed by atoms with Gasteiger partial charge < -0.3 is 48.2 Å². The van der Waals surface area contributed by atoms with Crippen LogP contribution in [0.2, 0.25) is 0 Å². The Hall–Kier alpha value is -4.17. The van der Waals surface area contributed by atoms with Gasteiger partial charge in [-0.15, -0.1) is 0 Å². The van der Waals surface area contributed by atoms with Crippen LogP contribution in [0, 0.1) is 12.1 Å². The molecule has 4 aromatic rings. The third kappa shape index (κ3) is 8.45. The van der Waals surface area contributed by atoms with Crippen LogP contribution < -0.4 is 38.2 Å². The Balaban J connectivity index is 0.000000293. The number of ether oxygens (including phenoxy) is 6. The average molecular weight is 770 g/mol. The molecule has 2 aromatic heterocycles. The molecule has 0 aliphatic heterocycles. The fourth-order valence-electron chi connectivity index (χ4n) is 3.96. The number of benzene rings is 2. The summed E-state index contributed by atoms with van der Waals surface area (Å²) in [6, 6.07) is 17.7. The van der Waals surface area contributed by atoms with E-state index in [1.807, 2.05) is 62.3 Å². The van der Waals surface area contributed by atoms with Crippen molar-refractivity contribution >= 4 is 11.4 Å². The van der Waals surface area contributed by atoms with E-state index >= 15 is 0 Å². The van der Waals surface area contributed by atoms with Crippen LogP contribution in [-0.2, 0) is 21.1 Å². The van der Waals surface area contributed by atoms with Gasteiger partial charge in [-0.05, 0) is 23.5 Å². The Kier molecular flexibility index (Phi) is 13.4. The summed E-state index contributed by atoms with van der Waals surface area (Å²) in [6.45, 7) is 0. The molecule has 232 valence electrons. The molecule has 2 heterocycles. The second kappa shape index (κ2) is 16.5. The zero-order valence-corrected chi connectivity index (χ0v) is 28.4. The van der Waals surface area contributed by atoms with Crippen molar-refractivity contribution in [2.75, 3.05) is 80.6 Å². The molecule has 0 saturated heterocycles. The zero-order chi connectivity index (χ0) is 30.8. The topological polar surface area (TPSA) is 87.6 Å². The quantitative estimate of drug-likeness (QED) is 0.199. The first-order valence-electron chi connectivity index (χ1n) is 12.9. The molecule has 4 rings (SSSR count). The van der Waals surface area contributed by atoms with Gasteiger partial charge in [-0.2, -0.15) is 0 Å². The van der Waals surface area contributed by atoms with E-state index in [-0.39, 0.29) is 21.1 Å². The molecule has 10 nitrogen and oxygen atoms in total. The van der Waals surface area contributed by atoms with Crippen molar-refractivity contribution < 1.29 is 49.5 Å². The molecule has 2 aromatic carbocycles. The predicted molar refractivity (Wildman–Crippen MR) is 165 cm³/mol. The molecule has 0 spiro atoms. The molecule has 0 aliphatic carbocycles. The molecule has 0 fully saturated rings. The maximum Gasteiger partial charge on any atom is 2.00 e. The van der Waals surface area contributed by atoms with Crippen molar-refractivity contribution in [3.8, 4) is 57.0 Å². The van der Waals surface area contributed by atoms with E-state index in [2.05, 4.69) is 22.1 Å². The monoisotopic (exact) mass is 769 g/mol. The summed E-state index contributed by atoms with van der Waals surface area (Å²) in [7, 11) is 17.4. The van der Waals surface area contributed by atoms with E-state index in [1.165, 1.54) is 0 Å². The summed E-state index contributed by atoms with van der Waals surface area (Å²) < 4.78 is 32.0. The molecule has 11 heteroatoms. The maximum absolute atomic E-state index is 5.42. The fourth-order valence-corrected chi connectivity index (χ4v) is 3.96. The van der Waals surface area contributed by atoms with E-state index in [1.54, 1.807) is 67.2 Å². The van der Waals surface area contributed by atoms with E-state index in [0.717, 1.165) is 33.9 Å². The van der Waals surface area contributed by atoms with Crippen LogP contribution >= 0.6 is 0 Å². The minimum absolute atomic E-state index is 0. The normalized spacial score (nSPS) is 9.91. The van der Waals surface area contributed by atoms with E-state index in [4.69, 9.17) is 28.4 Å². The molecule has 0 atom stereocenters. The molecular formula is C32H38N4O6Pt.